The molecule has 0 spiro atoms. The van der Waals surface area contributed by atoms with Gasteiger partial charge in [-0.1, -0.05) is 18.2 Å². The third-order valence-corrected chi connectivity index (χ3v) is 1.87. The Labute approximate surface area is 91.2 Å². The molecule has 1 aromatic rings. The zero-order chi connectivity index (χ0) is 11.5. The van der Waals surface area contributed by atoms with E-state index in [0.717, 1.165) is 11.3 Å². The normalized spacial score (nSPS) is 13.3. The van der Waals surface area contributed by atoms with Gasteiger partial charge in [0.25, 0.3) is 0 Å². The second-order valence-electron chi connectivity index (χ2n) is 4.46. The van der Waals surface area contributed by atoms with E-state index in [-0.39, 0.29) is 5.60 Å². The molecular formula is C13H18O2. The van der Waals surface area contributed by atoms with Crippen LogP contribution in [0.2, 0.25) is 0 Å². The van der Waals surface area contributed by atoms with Crippen molar-refractivity contribution in [3.8, 4) is 5.75 Å². The summed E-state index contributed by atoms with van der Waals surface area (Å²) in [6.45, 7) is 9.54. The zero-order valence-electron chi connectivity index (χ0n) is 9.53. The van der Waals surface area contributed by atoms with E-state index >= 15 is 0 Å². The monoisotopic (exact) mass is 206 g/mol. The lowest BCUT2D eigenvalue weighted by atomic mass is 10.1. The van der Waals surface area contributed by atoms with E-state index in [9.17, 15) is 5.11 Å². The van der Waals surface area contributed by atoms with E-state index in [1.165, 1.54) is 6.08 Å². The van der Waals surface area contributed by atoms with Gasteiger partial charge in [-0.2, -0.15) is 0 Å². The van der Waals surface area contributed by atoms with Crippen molar-refractivity contribution < 1.29 is 9.84 Å². The van der Waals surface area contributed by atoms with E-state index in [1.807, 2.05) is 45.0 Å². The quantitative estimate of drug-likeness (QED) is 0.770. The van der Waals surface area contributed by atoms with E-state index < -0.39 is 6.10 Å². The number of aliphatic hydroxyl groups is 1. The molecule has 0 heterocycles. The van der Waals surface area contributed by atoms with Crippen molar-refractivity contribution in [2.24, 2.45) is 0 Å². The van der Waals surface area contributed by atoms with E-state index in [2.05, 4.69) is 6.58 Å². The predicted octanol–water partition coefficient (Wildman–Crippen LogP) is 3.08. The summed E-state index contributed by atoms with van der Waals surface area (Å²) in [5.74, 6) is 0.808. The van der Waals surface area contributed by atoms with Gasteiger partial charge in [-0.25, -0.2) is 0 Å². The Balaban J connectivity index is 2.77. The van der Waals surface area contributed by atoms with Crippen molar-refractivity contribution >= 4 is 0 Å². The molecule has 0 fully saturated rings. The van der Waals surface area contributed by atoms with Gasteiger partial charge in [-0.3, -0.25) is 0 Å². The van der Waals surface area contributed by atoms with Gasteiger partial charge < -0.3 is 9.84 Å². The molecule has 0 aliphatic carbocycles. The second kappa shape index (κ2) is 4.49. The van der Waals surface area contributed by atoms with Crippen molar-refractivity contribution in [3.63, 3.8) is 0 Å². The molecule has 0 aromatic heterocycles. The van der Waals surface area contributed by atoms with Crippen molar-refractivity contribution in [3.05, 3.63) is 42.5 Å². The number of hydrogen-bond donors (Lipinski definition) is 1. The van der Waals surface area contributed by atoms with Gasteiger partial charge in [0.05, 0.1) is 6.10 Å². The van der Waals surface area contributed by atoms with Crippen molar-refractivity contribution in [1.29, 1.82) is 0 Å². The van der Waals surface area contributed by atoms with Crippen LogP contribution in [0, 0.1) is 0 Å². The molecule has 2 nitrogen and oxygen atoms in total. The minimum absolute atomic E-state index is 0.196. The maximum atomic E-state index is 9.49. The summed E-state index contributed by atoms with van der Waals surface area (Å²) in [5.41, 5.74) is 0.629. The van der Waals surface area contributed by atoms with Crippen LogP contribution in [0.4, 0.5) is 0 Å². The molecule has 0 aliphatic rings. The SMILES string of the molecule is C=CC(O)c1ccc(OC(C)(C)C)cc1. The highest BCUT2D eigenvalue weighted by Crippen LogP contribution is 2.21. The fourth-order valence-electron chi connectivity index (χ4n) is 1.22. The molecule has 1 rings (SSSR count). The molecular weight excluding hydrogens is 188 g/mol. The van der Waals surface area contributed by atoms with Crippen LogP contribution in [0.25, 0.3) is 0 Å². The maximum Gasteiger partial charge on any atom is 0.120 e. The minimum atomic E-state index is -0.603. The van der Waals surface area contributed by atoms with E-state index in [1.54, 1.807) is 0 Å². The van der Waals surface area contributed by atoms with Crippen molar-refractivity contribution in [2.75, 3.05) is 0 Å². The molecule has 0 aliphatic heterocycles. The standard InChI is InChI=1S/C13H18O2/c1-5-12(14)10-6-8-11(9-7-10)15-13(2,3)4/h5-9,12,14H,1H2,2-4H3. The maximum absolute atomic E-state index is 9.49. The van der Waals surface area contributed by atoms with Crippen LogP contribution in [-0.2, 0) is 0 Å². The summed E-state index contributed by atoms with van der Waals surface area (Å²) in [6, 6.07) is 7.39. The van der Waals surface area contributed by atoms with Crippen LogP contribution in [0.5, 0.6) is 5.75 Å². The molecule has 1 atom stereocenters. The number of aliphatic hydroxyl groups excluding tert-OH is 1. The van der Waals surface area contributed by atoms with E-state index in [0.29, 0.717) is 0 Å². The number of hydrogen-bond acceptors (Lipinski definition) is 2. The van der Waals surface area contributed by atoms with Crippen molar-refractivity contribution in [2.45, 2.75) is 32.5 Å². The van der Waals surface area contributed by atoms with Crippen LogP contribution in [0.15, 0.2) is 36.9 Å². The summed E-state index contributed by atoms with van der Waals surface area (Å²) >= 11 is 0. The number of rotatable bonds is 3. The highest BCUT2D eigenvalue weighted by atomic mass is 16.5. The average Bonchev–Trinajstić information content (AvgIpc) is 2.15. The number of ether oxygens (including phenoxy) is 1. The molecule has 1 N–H and O–H groups in total. The molecule has 0 bridgehead atoms. The third-order valence-electron chi connectivity index (χ3n) is 1.87. The largest absolute Gasteiger partial charge is 0.488 e. The van der Waals surface area contributed by atoms with Crippen LogP contribution >= 0.6 is 0 Å². The fraction of sp³-hybridized carbons (Fsp3) is 0.385. The molecule has 15 heavy (non-hydrogen) atoms. The number of benzene rings is 1. The highest BCUT2D eigenvalue weighted by Gasteiger charge is 2.11. The van der Waals surface area contributed by atoms with Gasteiger partial charge in [0.1, 0.15) is 11.4 Å². The minimum Gasteiger partial charge on any atom is -0.488 e. The Kier molecular flexibility index (Phi) is 3.53. The van der Waals surface area contributed by atoms with Gasteiger partial charge >= 0.3 is 0 Å². The Morgan fingerprint density at radius 2 is 1.80 bits per heavy atom. The summed E-state index contributed by atoms with van der Waals surface area (Å²) in [4.78, 5) is 0. The lowest BCUT2D eigenvalue weighted by Gasteiger charge is -2.21. The van der Waals surface area contributed by atoms with Crippen LogP contribution in [-0.4, -0.2) is 10.7 Å². The zero-order valence-corrected chi connectivity index (χ0v) is 9.53. The highest BCUT2D eigenvalue weighted by molar-refractivity contribution is 5.30. The first-order valence-electron chi connectivity index (χ1n) is 5.02. The Bertz CT molecular complexity index is 319. The first-order valence-corrected chi connectivity index (χ1v) is 5.02. The summed E-state index contributed by atoms with van der Waals surface area (Å²) in [6.07, 6.45) is 0.897. The molecule has 82 valence electrons. The molecule has 0 radical (unpaired) electrons. The lowest BCUT2D eigenvalue weighted by Crippen LogP contribution is -2.22. The van der Waals surface area contributed by atoms with Crippen LogP contribution in [0.3, 0.4) is 0 Å². The third kappa shape index (κ3) is 3.76. The molecule has 0 amide bonds. The molecule has 0 saturated carbocycles. The molecule has 0 saturated heterocycles. The molecule has 1 unspecified atom stereocenters. The first-order chi connectivity index (χ1) is 6.92. The Morgan fingerprint density at radius 3 is 2.20 bits per heavy atom. The summed E-state index contributed by atoms with van der Waals surface area (Å²) in [7, 11) is 0. The molecule has 2 heteroatoms. The van der Waals surface area contributed by atoms with Gasteiger partial charge in [0, 0.05) is 0 Å². The first kappa shape index (κ1) is 11.8. The topological polar surface area (TPSA) is 29.5 Å². The predicted molar refractivity (Wildman–Crippen MR) is 62.0 cm³/mol. The smallest absolute Gasteiger partial charge is 0.120 e. The Hall–Kier alpha value is -1.28. The second-order valence-corrected chi connectivity index (χ2v) is 4.46. The van der Waals surface area contributed by atoms with Gasteiger partial charge in [0.2, 0.25) is 0 Å². The Morgan fingerprint density at radius 1 is 1.27 bits per heavy atom. The van der Waals surface area contributed by atoms with Crippen LogP contribution in [0.1, 0.15) is 32.4 Å². The van der Waals surface area contributed by atoms with Crippen LogP contribution < -0.4 is 4.74 Å². The van der Waals surface area contributed by atoms with Gasteiger partial charge in [0.15, 0.2) is 0 Å². The van der Waals surface area contributed by atoms with Crippen molar-refractivity contribution in [1.82, 2.24) is 0 Å². The average molecular weight is 206 g/mol. The summed E-state index contributed by atoms with van der Waals surface area (Å²) in [5, 5.41) is 9.49. The summed E-state index contributed by atoms with van der Waals surface area (Å²) < 4.78 is 5.66. The van der Waals surface area contributed by atoms with E-state index in [4.69, 9.17) is 4.74 Å². The van der Waals surface area contributed by atoms with Gasteiger partial charge in [-0.05, 0) is 38.5 Å². The lowest BCUT2D eigenvalue weighted by molar-refractivity contribution is 0.131. The fourth-order valence-corrected chi connectivity index (χ4v) is 1.22. The molecule has 1 aromatic carbocycles. The van der Waals surface area contributed by atoms with Gasteiger partial charge in [-0.15, -0.1) is 6.58 Å².